The van der Waals surface area contributed by atoms with Crippen LogP contribution in [0.25, 0.3) is 0 Å². The molecule has 138 valence electrons. The number of nitrogens with one attached hydrogen (secondary N) is 1. The van der Waals surface area contributed by atoms with E-state index in [2.05, 4.69) is 4.72 Å². The predicted molar refractivity (Wildman–Crippen MR) is 96.9 cm³/mol. The summed E-state index contributed by atoms with van der Waals surface area (Å²) in [6.07, 6.45) is 14.8. The molecule has 26 heavy (non-hydrogen) atoms. The molecule has 2 atom stereocenters. The van der Waals surface area contributed by atoms with E-state index in [1.54, 1.807) is 30.4 Å². The molecule has 0 aromatic rings. The lowest BCUT2D eigenvalue weighted by molar-refractivity contribution is -0.132. The van der Waals surface area contributed by atoms with Gasteiger partial charge in [-0.1, -0.05) is 24.3 Å². The van der Waals surface area contributed by atoms with Gasteiger partial charge in [-0.3, -0.25) is 4.72 Å². The lowest BCUT2D eigenvalue weighted by Crippen LogP contribution is -2.26. The Bertz CT molecular complexity index is 890. The van der Waals surface area contributed by atoms with Crippen LogP contribution in [0.15, 0.2) is 70.6 Å². The zero-order chi connectivity index (χ0) is 18.7. The van der Waals surface area contributed by atoms with Crippen LogP contribution in [0, 0.1) is 11.8 Å². The second kappa shape index (κ2) is 7.45. The van der Waals surface area contributed by atoms with E-state index >= 15 is 0 Å². The Morgan fingerprint density at radius 2 is 2.00 bits per heavy atom. The fourth-order valence-corrected chi connectivity index (χ4v) is 4.44. The molecule has 0 saturated carbocycles. The van der Waals surface area contributed by atoms with Crippen LogP contribution in [0.1, 0.15) is 25.7 Å². The van der Waals surface area contributed by atoms with E-state index < -0.39 is 16.0 Å². The topological polar surface area (TPSA) is 83.5 Å². The number of aliphatic carboxylic acids is 1. The maximum atomic E-state index is 13.1. The summed E-state index contributed by atoms with van der Waals surface area (Å²) >= 11 is 0. The molecule has 0 bridgehead atoms. The van der Waals surface area contributed by atoms with Gasteiger partial charge in [-0.2, -0.15) is 0 Å². The van der Waals surface area contributed by atoms with Crippen molar-refractivity contribution >= 4 is 16.0 Å². The monoisotopic (exact) mass is 377 g/mol. The van der Waals surface area contributed by atoms with Crippen molar-refractivity contribution in [2.24, 2.45) is 11.8 Å². The second-order valence-corrected chi connectivity index (χ2v) is 8.18. The average molecular weight is 377 g/mol. The Labute approximate surface area is 152 Å². The van der Waals surface area contributed by atoms with Crippen LogP contribution < -0.4 is 4.72 Å². The first kappa shape index (κ1) is 18.4. The number of allylic oxidation sites excluding steroid dienone is 9. The minimum atomic E-state index is -3.81. The molecule has 0 spiro atoms. The van der Waals surface area contributed by atoms with E-state index in [-0.39, 0.29) is 33.8 Å². The Balaban J connectivity index is 1.76. The standard InChI is InChI=1S/C19H20FNO4S/c20-16-9-7-13(8-10-16)14-3-2-6-18(12-14)26(24,25)21-17-5-1-4-15(11-17)19(22)23/h2,5-7,9-14,21H,1,3-4,8H2,(H,22,23). The van der Waals surface area contributed by atoms with E-state index in [0.717, 1.165) is 0 Å². The molecule has 0 heterocycles. The van der Waals surface area contributed by atoms with E-state index in [4.69, 9.17) is 5.11 Å². The van der Waals surface area contributed by atoms with Crippen LogP contribution >= 0.6 is 0 Å². The van der Waals surface area contributed by atoms with Gasteiger partial charge < -0.3 is 5.11 Å². The number of hydrogen-bond acceptors (Lipinski definition) is 3. The van der Waals surface area contributed by atoms with Gasteiger partial charge in [-0.05, 0) is 61.8 Å². The molecule has 7 heteroatoms. The summed E-state index contributed by atoms with van der Waals surface area (Å²) < 4.78 is 40.9. The number of hydrogen-bond donors (Lipinski definition) is 2. The number of carbonyl (C=O) groups is 1. The van der Waals surface area contributed by atoms with Gasteiger partial charge in [0, 0.05) is 11.3 Å². The van der Waals surface area contributed by atoms with Crippen LogP contribution in [-0.2, 0) is 14.8 Å². The highest BCUT2D eigenvalue weighted by Gasteiger charge is 2.25. The van der Waals surface area contributed by atoms with Crippen molar-refractivity contribution in [1.82, 2.24) is 4.72 Å². The first-order chi connectivity index (χ1) is 12.3. The summed E-state index contributed by atoms with van der Waals surface area (Å²) in [7, 11) is -3.81. The molecule has 0 aromatic carbocycles. The van der Waals surface area contributed by atoms with Crippen LogP contribution in [0.5, 0.6) is 0 Å². The minimum absolute atomic E-state index is 0.0300. The van der Waals surface area contributed by atoms with Crippen LogP contribution in [0.2, 0.25) is 0 Å². The number of sulfonamides is 1. The molecule has 0 fully saturated rings. The largest absolute Gasteiger partial charge is 0.478 e. The van der Waals surface area contributed by atoms with Crippen molar-refractivity contribution in [3.63, 3.8) is 0 Å². The van der Waals surface area contributed by atoms with E-state index in [1.807, 2.05) is 0 Å². The maximum absolute atomic E-state index is 13.1. The number of carboxylic acid groups (broad SMARTS) is 1. The number of halogens is 1. The lowest BCUT2D eigenvalue weighted by Gasteiger charge is -2.25. The first-order valence-corrected chi connectivity index (χ1v) is 9.92. The smallest absolute Gasteiger partial charge is 0.331 e. The zero-order valence-electron chi connectivity index (χ0n) is 14.1. The summed E-state index contributed by atoms with van der Waals surface area (Å²) in [6.45, 7) is 0. The van der Waals surface area contributed by atoms with Crippen molar-refractivity contribution in [3.05, 3.63) is 70.6 Å². The average Bonchev–Trinajstić information content (AvgIpc) is 2.62. The normalized spacial score (nSPS) is 25.7. The zero-order valence-corrected chi connectivity index (χ0v) is 14.9. The fraction of sp³-hybridized carbons (Fsp3) is 0.316. The van der Waals surface area contributed by atoms with Crippen molar-refractivity contribution in [1.29, 1.82) is 0 Å². The molecule has 2 N–H and O–H groups in total. The Morgan fingerprint density at radius 1 is 1.19 bits per heavy atom. The van der Waals surface area contributed by atoms with Crippen molar-refractivity contribution in [2.45, 2.75) is 25.7 Å². The molecule has 2 unspecified atom stereocenters. The van der Waals surface area contributed by atoms with E-state index in [1.165, 1.54) is 18.2 Å². The van der Waals surface area contributed by atoms with Crippen LogP contribution in [0.3, 0.4) is 0 Å². The predicted octanol–water partition coefficient (Wildman–Crippen LogP) is 3.48. The summed E-state index contributed by atoms with van der Waals surface area (Å²) in [4.78, 5) is 11.2. The quantitative estimate of drug-likeness (QED) is 0.768. The molecule has 3 rings (SSSR count). The van der Waals surface area contributed by atoms with Gasteiger partial charge in [-0.15, -0.1) is 0 Å². The third-order valence-electron chi connectivity index (χ3n) is 4.65. The lowest BCUT2D eigenvalue weighted by atomic mass is 9.83. The Morgan fingerprint density at radius 3 is 2.69 bits per heavy atom. The molecule has 0 amide bonds. The van der Waals surface area contributed by atoms with Crippen molar-refractivity contribution in [2.75, 3.05) is 0 Å². The summed E-state index contributed by atoms with van der Waals surface area (Å²) in [5.74, 6) is -1.29. The maximum Gasteiger partial charge on any atom is 0.331 e. The SMILES string of the molecule is O=C(O)C1=CC(NS(=O)(=O)C2=CC(C3C=CC(F)=CC3)CC=C2)=CCC1. The van der Waals surface area contributed by atoms with E-state index in [0.29, 0.717) is 25.7 Å². The third kappa shape index (κ3) is 4.22. The first-order valence-electron chi connectivity index (χ1n) is 8.44. The van der Waals surface area contributed by atoms with Gasteiger partial charge in [0.2, 0.25) is 0 Å². The van der Waals surface area contributed by atoms with Gasteiger partial charge in [0.05, 0.1) is 4.91 Å². The van der Waals surface area contributed by atoms with Crippen LogP contribution in [-0.4, -0.2) is 19.5 Å². The van der Waals surface area contributed by atoms with Gasteiger partial charge in [0.25, 0.3) is 10.0 Å². The Kier molecular flexibility index (Phi) is 5.27. The summed E-state index contributed by atoms with van der Waals surface area (Å²) in [5, 5.41) is 9.07. The molecule has 3 aliphatic carbocycles. The third-order valence-corrected chi connectivity index (χ3v) is 6.05. The fourth-order valence-electron chi connectivity index (χ4n) is 3.24. The minimum Gasteiger partial charge on any atom is -0.478 e. The molecular formula is C19H20FNO4S. The highest BCUT2D eigenvalue weighted by Crippen LogP contribution is 2.32. The number of carboxylic acids is 1. The highest BCUT2D eigenvalue weighted by atomic mass is 32.2. The molecule has 0 aromatic heterocycles. The summed E-state index contributed by atoms with van der Waals surface area (Å²) in [6, 6.07) is 0. The molecule has 0 radical (unpaired) electrons. The van der Waals surface area contributed by atoms with Gasteiger partial charge in [-0.25, -0.2) is 17.6 Å². The molecule has 0 aliphatic heterocycles. The van der Waals surface area contributed by atoms with Gasteiger partial charge in [0.15, 0.2) is 0 Å². The molecule has 0 saturated heterocycles. The Hall–Kier alpha value is -2.41. The second-order valence-electron chi connectivity index (χ2n) is 6.50. The molecule has 5 nitrogen and oxygen atoms in total. The van der Waals surface area contributed by atoms with Crippen molar-refractivity contribution < 1.29 is 22.7 Å². The van der Waals surface area contributed by atoms with E-state index in [9.17, 15) is 17.6 Å². The number of rotatable bonds is 5. The highest BCUT2D eigenvalue weighted by molar-refractivity contribution is 7.93. The van der Waals surface area contributed by atoms with Crippen molar-refractivity contribution in [3.8, 4) is 0 Å². The molecule has 3 aliphatic rings. The summed E-state index contributed by atoms with van der Waals surface area (Å²) in [5.41, 5.74) is 0.449. The van der Waals surface area contributed by atoms with Gasteiger partial charge >= 0.3 is 5.97 Å². The van der Waals surface area contributed by atoms with Gasteiger partial charge in [0.1, 0.15) is 5.83 Å². The van der Waals surface area contributed by atoms with Crippen LogP contribution in [0.4, 0.5) is 4.39 Å². The molecular weight excluding hydrogens is 357 g/mol.